The highest BCUT2D eigenvalue weighted by Gasteiger charge is 2.33. The Balaban J connectivity index is 2.16. The van der Waals surface area contributed by atoms with Crippen molar-refractivity contribution in [3.8, 4) is 0 Å². The van der Waals surface area contributed by atoms with Gasteiger partial charge in [0.15, 0.2) is 0 Å². The summed E-state index contributed by atoms with van der Waals surface area (Å²) < 4.78 is 0. The Morgan fingerprint density at radius 2 is 1.46 bits per heavy atom. The summed E-state index contributed by atoms with van der Waals surface area (Å²) in [6.07, 6.45) is 1.46. The van der Waals surface area contributed by atoms with E-state index in [0.717, 1.165) is 16.5 Å². The lowest BCUT2D eigenvalue weighted by Gasteiger charge is -2.28. The maximum atomic E-state index is 13.3. The normalized spacial score (nSPS) is 14.7. The number of fused-ring (bicyclic) bond motifs is 1. The maximum absolute atomic E-state index is 13.3. The van der Waals surface area contributed by atoms with E-state index in [4.69, 9.17) is 17.2 Å². The Bertz CT molecular complexity index is 1260. The number of nitrogens with one attached hydrogen (secondary N) is 4. The molecule has 0 saturated heterocycles. The number of primary amides is 2. The summed E-state index contributed by atoms with van der Waals surface area (Å²) in [4.78, 5) is 76.6. The number of H-pyrrole nitrogens is 1. The maximum Gasteiger partial charge on any atom is 0.326 e. The number of benzene rings is 1. The van der Waals surface area contributed by atoms with Gasteiger partial charge in [-0.1, -0.05) is 38.5 Å². The van der Waals surface area contributed by atoms with Gasteiger partial charge in [-0.05, 0) is 36.8 Å². The number of carbonyl (C=O) groups excluding carboxylic acids is 5. The molecule has 1 aromatic heterocycles. The molecule has 0 fully saturated rings. The predicted octanol–water partition coefficient (Wildman–Crippen LogP) is -0.846. The molecule has 14 nitrogen and oxygen atoms in total. The lowest BCUT2D eigenvalue weighted by molar-refractivity contribution is -0.143. The zero-order chi connectivity index (χ0) is 30.7. The van der Waals surface area contributed by atoms with Crippen LogP contribution in [-0.4, -0.2) is 69.8 Å². The van der Waals surface area contributed by atoms with Crippen LogP contribution in [0.25, 0.3) is 10.9 Å². The first-order valence-corrected chi connectivity index (χ1v) is 13.3. The van der Waals surface area contributed by atoms with Gasteiger partial charge < -0.3 is 43.2 Å². The molecule has 1 aromatic carbocycles. The topological polar surface area (TPSA) is 253 Å². The third-order valence-electron chi connectivity index (χ3n) is 6.85. The van der Waals surface area contributed by atoms with E-state index in [1.165, 1.54) is 0 Å². The number of carboxylic acids is 1. The molecule has 0 aliphatic heterocycles. The number of aromatic amines is 1. The molecule has 0 spiro atoms. The van der Waals surface area contributed by atoms with Crippen molar-refractivity contribution in [3.05, 3.63) is 36.0 Å². The fourth-order valence-corrected chi connectivity index (χ4v) is 4.23. The molecule has 5 unspecified atom stereocenters. The van der Waals surface area contributed by atoms with Crippen LogP contribution in [0.5, 0.6) is 0 Å². The number of carbonyl (C=O) groups is 6. The molecule has 14 heteroatoms. The van der Waals surface area contributed by atoms with Gasteiger partial charge in [0.05, 0.1) is 6.04 Å². The Morgan fingerprint density at radius 1 is 0.878 bits per heavy atom. The summed E-state index contributed by atoms with van der Waals surface area (Å²) in [6, 6.07) is 2.61. The second-order valence-corrected chi connectivity index (χ2v) is 10.0. The van der Waals surface area contributed by atoms with Crippen molar-refractivity contribution in [2.24, 2.45) is 23.1 Å². The SMILES string of the molecule is CCC(C)C(NC(=O)C(CCC(N)=O)NC(=O)C(N)Cc1c[nH]c2ccccc12)C(=O)NC(CCC(N)=O)C(=O)O. The molecule has 0 saturated carbocycles. The lowest BCUT2D eigenvalue weighted by Crippen LogP contribution is -2.58. The average molecular weight is 574 g/mol. The highest BCUT2D eigenvalue weighted by atomic mass is 16.4. The quantitative estimate of drug-likeness (QED) is 0.118. The van der Waals surface area contributed by atoms with Gasteiger partial charge in [0.25, 0.3) is 0 Å². The minimum absolute atomic E-state index is 0.155. The molecular formula is C27H39N7O7. The zero-order valence-corrected chi connectivity index (χ0v) is 23.1. The van der Waals surface area contributed by atoms with Crippen LogP contribution in [0.4, 0.5) is 0 Å². The largest absolute Gasteiger partial charge is 0.480 e. The van der Waals surface area contributed by atoms with E-state index in [1.54, 1.807) is 20.0 Å². The summed E-state index contributed by atoms with van der Waals surface area (Å²) in [6.45, 7) is 3.45. The van der Waals surface area contributed by atoms with Gasteiger partial charge in [-0.25, -0.2) is 4.79 Å². The average Bonchev–Trinajstić information content (AvgIpc) is 3.33. The van der Waals surface area contributed by atoms with E-state index < -0.39 is 65.6 Å². The third-order valence-corrected chi connectivity index (χ3v) is 6.85. The van der Waals surface area contributed by atoms with Crippen LogP contribution in [0.15, 0.2) is 30.5 Å². The van der Waals surface area contributed by atoms with Crippen molar-refractivity contribution in [2.45, 2.75) is 76.5 Å². The first-order valence-electron chi connectivity index (χ1n) is 13.3. The summed E-state index contributed by atoms with van der Waals surface area (Å²) in [7, 11) is 0. The molecule has 41 heavy (non-hydrogen) atoms. The van der Waals surface area contributed by atoms with E-state index in [1.807, 2.05) is 24.3 Å². The molecule has 5 amide bonds. The summed E-state index contributed by atoms with van der Waals surface area (Å²) in [5.41, 5.74) is 18.2. The monoisotopic (exact) mass is 573 g/mol. The van der Waals surface area contributed by atoms with Crippen molar-refractivity contribution in [1.82, 2.24) is 20.9 Å². The zero-order valence-electron chi connectivity index (χ0n) is 23.1. The minimum Gasteiger partial charge on any atom is -0.480 e. The Labute approximate surface area is 237 Å². The van der Waals surface area contributed by atoms with Gasteiger partial charge in [0.2, 0.25) is 29.5 Å². The number of carboxylic acid groups (broad SMARTS) is 1. The fraction of sp³-hybridized carbons (Fsp3) is 0.481. The van der Waals surface area contributed by atoms with Crippen molar-refractivity contribution in [3.63, 3.8) is 0 Å². The van der Waals surface area contributed by atoms with Gasteiger partial charge in [-0.3, -0.25) is 24.0 Å². The molecular weight excluding hydrogens is 534 g/mol. The summed E-state index contributed by atoms with van der Waals surface area (Å²) >= 11 is 0. The van der Waals surface area contributed by atoms with Crippen molar-refractivity contribution in [2.75, 3.05) is 0 Å². The smallest absolute Gasteiger partial charge is 0.326 e. The highest BCUT2D eigenvalue weighted by Crippen LogP contribution is 2.19. The van der Waals surface area contributed by atoms with Gasteiger partial charge >= 0.3 is 5.97 Å². The van der Waals surface area contributed by atoms with E-state index in [-0.39, 0.29) is 32.1 Å². The second-order valence-electron chi connectivity index (χ2n) is 10.0. The molecule has 1 heterocycles. The number of amides is 5. The molecule has 224 valence electrons. The van der Waals surface area contributed by atoms with E-state index >= 15 is 0 Å². The Kier molecular flexibility index (Phi) is 12.3. The standard InChI is InChI=1S/C27H39N7O7/c1-3-14(2)23(26(39)33-20(27(40)41)9-11-22(30)36)34-25(38)19(8-10-21(29)35)32-24(37)17(28)12-15-13-31-18-7-5-4-6-16(15)18/h4-7,13-14,17,19-20,23,31H,3,8-12,28H2,1-2H3,(H2,29,35)(H2,30,36)(H,32,37)(H,33,39)(H,34,38)(H,40,41). The third kappa shape index (κ3) is 9.90. The molecule has 2 aromatic rings. The number of para-hydroxylation sites is 1. The van der Waals surface area contributed by atoms with Gasteiger partial charge in [-0.15, -0.1) is 0 Å². The second kappa shape index (κ2) is 15.4. The van der Waals surface area contributed by atoms with Crippen LogP contribution in [0, 0.1) is 5.92 Å². The summed E-state index contributed by atoms with van der Waals surface area (Å²) in [5.74, 6) is -5.46. The number of nitrogens with two attached hydrogens (primary N) is 3. The molecule has 0 bridgehead atoms. The van der Waals surface area contributed by atoms with E-state index in [9.17, 15) is 33.9 Å². The van der Waals surface area contributed by atoms with Gasteiger partial charge in [0, 0.05) is 29.9 Å². The van der Waals surface area contributed by atoms with E-state index in [0.29, 0.717) is 6.42 Å². The van der Waals surface area contributed by atoms with Crippen LogP contribution in [0.3, 0.4) is 0 Å². The molecule has 11 N–H and O–H groups in total. The first-order chi connectivity index (χ1) is 19.3. The minimum atomic E-state index is -1.41. The highest BCUT2D eigenvalue weighted by molar-refractivity contribution is 5.95. The molecule has 0 aliphatic carbocycles. The van der Waals surface area contributed by atoms with Crippen LogP contribution in [0.1, 0.15) is 51.5 Å². The molecule has 0 aliphatic rings. The molecule has 0 radical (unpaired) electrons. The number of aliphatic carboxylic acids is 1. The van der Waals surface area contributed by atoms with Crippen LogP contribution >= 0.6 is 0 Å². The van der Waals surface area contributed by atoms with Gasteiger partial charge in [0.1, 0.15) is 18.1 Å². The molecule has 5 atom stereocenters. The number of hydrogen-bond acceptors (Lipinski definition) is 7. The first kappa shape index (κ1) is 32.8. The van der Waals surface area contributed by atoms with Crippen LogP contribution < -0.4 is 33.2 Å². The summed E-state index contributed by atoms with van der Waals surface area (Å²) in [5, 5.41) is 17.8. The van der Waals surface area contributed by atoms with Crippen molar-refractivity contribution >= 4 is 46.4 Å². The fourth-order valence-electron chi connectivity index (χ4n) is 4.23. The van der Waals surface area contributed by atoms with Crippen LogP contribution in [0.2, 0.25) is 0 Å². The van der Waals surface area contributed by atoms with Crippen molar-refractivity contribution < 1.29 is 33.9 Å². The number of aromatic nitrogens is 1. The number of hydrogen-bond donors (Lipinski definition) is 8. The predicted molar refractivity (Wildman–Crippen MR) is 150 cm³/mol. The number of rotatable bonds is 17. The molecule has 2 rings (SSSR count). The Hall–Kier alpha value is -4.46. The lowest BCUT2D eigenvalue weighted by atomic mass is 9.96. The van der Waals surface area contributed by atoms with Crippen molar-refractivity contribution in [1.29, 1.82) is 0 Å². The Morgan fingerprint density at radius 3 is 2.05 bits per heavy atom. The van der Waals surface area contributed by atoms with E-state index in [2.05, 4.69) is 20.9 Å². The van der Waals surface area contributed by atoms with Crippen LogP contribution in [-0.2, 0) is 35.2 Å². The van der Waals surface area contributed by atoms with Gasteiger partial charge in [-0.2, -0.15) is 0 Å².